The number of carbonyl (C=O) groups is 1. The van der Waals surface area contributed by atoms with Gasteiger partial charge in [0.2, 0.25) is 0 Å². The normalized spacial score (nSPS) is 9.74. The molecule has 0 aromatic heterocycles. The molecular weight excluding hydrogens is 240 g/mol. The lowest BCUT2D eigenvalue weighted by atomic mass is 10.1. The zero-order chi connectivity index (χ0) is 13.7. The van der Waals surface area contributed by atoms with E-state index in [-0.39, 0.29) is 0 Å². The van der Waals surface area contributed by atoms with Crippen LogP contribution in [0.1, 0.15) is 6.92 Å². The molecule has 2 aromatic carbocycles. The number of hydrogen-bond donors (Lipinski definition) is 0. The summed E-state index contributed by atoms with van der Waals surface area (Å²) in [4.78, 5) is 20.8. The predicted molar refractivity (Wildman–Crippen MR) is 73.4 cm³/mol. The molecule has 3 heteroatoms. The molecular formula is C16H14O3. The Bertz CT molecular complexity index is 588. The molecule has 0 aliphatic rings. The van der Waals surface area contributed by atoms with Gasteiger partial charge in [0.25, 0.3) is 0 Å². The summed E-state index contributed by atoms with van der Waals surface area (Å²) >= 11 is 0. The van der Waals surface area contributed by atoms with E-state index in [1.165, 1.54) is 0 Å². The first-order valence-corrected chi connectivity index (χ1v) is 5.86. The van der Waals surface area contributed by atoms with Crippen molar-refractivity contribution in [2.24, 2.45) is 0 Å². The molecule has 0 aliphatic heterocycles. The van der Waals surface area contributed by atoms with Crippen LogP contribution in [0, 0.1) is 0 Å². The monoisotopic (exact) mass is 254 g/mol. The second-order valence-corrected chi connectivity index (χ2v) is 4.13. The van der Waals surface area contributed by atoms with Crippen molar-refractivity contribution >= 4 is 5.97 Å². The van der Waals surface area contributed by atoms with E-state index in [4.69, 9.17) is 4.89 Å². The molecule has 0 unspecified atom stereocenters. The zero-order valence-electron chi connectivity index (χ0n) is 10.6. The van der Waals surface area contributed by atoms with Gasteiger partial charge in [-0.3, -0.25) is 4.89 Å². The van der Waals surface area contributed by atoms with Crippen molar-refractivity contribution in [1.29, 1.82) is 0 Å². The quantitative estimate of drug-likeness (QED) is 0.473. The van der Waals surface area contributed by atoms with Crippen molar-refractivity contribution in [2.75, 3.05) is 0 Å². The van der Waals surface area contributed by atoms with E-state index in [1.807, 2.05) is 42.5 Å². The zero-order valence-corrected chi connectivity index (χ0v) is 10.6. The van der Waals surface area contributed by atoms with E-state index in [0.29, 0.717) is 11.3 Å². The summed E-state index contributed by atoms with van der Waals surface area (Å²) in [6, 6.07) is 17.2. The van der Waals surface area contributed by atoms with Crippen LogP contribution < -0.4 is 4.89 Å². The summed E-state index contributed by atoms with van der Waals surface area (Å²) in [7, 11) is 0. The topological polar surface area (TPSA) is 35.5 Å². The summed E-state index contributed by atoms with van der Waals surface area (Å²) in [6.45, 7) is 5.04. The highest BCUT2D eigenvalue weighted by Crippen LogP contribution is 2.23. The maximum atomic E-state index is 11.2. The highest BCUT2D eigenvalue weighted by molar-refractivity contribution is 5.86. The smallest absolute Gasteiger partial charge is 0.287 e. The van der Waals surface area contributed by atoms with Crippen LogP contribution in [0.25, 0.3) is 11.1 Å². The van der Waals surface area contributed by atoms with Gasteiger partial charge in [-0.25, -0.2) is 9.68 Å². The minimum absolute atomic E-state index is 0.291. The van der Waals surface area contributed by atoms with Crippen LogP contribution in [-0.4, -0.2) is 5.97 Å². The van der Waals surface area contributed by atoms with Gasteiger partial charge in [-0.15, -0.1) is 0 Å². The molecule has 19 heavy (non-hydrogen) atoms. The fraction of sp³-hybridized carbons (Fsp3) is 0.0625. The maximum absolute atomic E-state index is 11.2. The molecule has 0 aliphatic carbocycles. The van der Waals surface area contributed by atoms with Gasteiger partial charge < -0.3 is 0 Å². The van der Waals surface area contributed by atoms with E-state index >= 15 is 0 Å². The molecule has 2 aromatic rings. The second kappa shape index (κ2) is 5.87. The summed E-state index contributed by atoms with van der Waals surface area (Å²) in [5.74, 6) is -0.110. The average Bonchev–Trinajstić information content (AvgIpc) is 2.46. The maximum Gasteiger partial charge on any atom is 0.381 e. The molecule has 0 radical (unpaired) electrons. The molecule has 0 spiro atoms. The highest BCUT2D eigenvalue weighted by atomic mass is 17.2. The third-order valence-electron chi connectivity index (χ3n) is 2.50. The minimum atomic E-state index is -0.579. The van der Waals surface area contributed by atoms with Crippen LogP contribution in [0.3, 0.4) is 0 Å². The second-order valence-electron chi connectivity index (χ2n) is 4.13. The number of carbonyl (C=O) groups excluding carboxylic acids is 1. The van der Waals surface area contributed by atoms with Crippen molar-refractivity contribution in [3.8, 4) is 16.9 Å². The molecule has 0 saturated heterocycles. The van der Waals surface area contributed by atoms with Crippen molar-refractivity contribution < 1.29 is 14.6 Å². The SMILES string of the molecule is C=C(C)C(=O)OOc1cccc(-c2ccccc2)c1. The highest BCUT2D eigenvalue weighted by Gasteiger charge is 2.06. The van der Waals surface area contributed by atoms with Crippen molar-refractivity contribution in [3.63, 3.8) is 0 Å². The van der Waals surface area contributed by atoms with Crippen LogP contribution in [-0.2, 0) is 9.68 Å². The first-order chi connectivity index (χ1) is 9.16. The van der Waals surface area contributed by atoms with Crippen molar-refractivity contribution in [2.45, 2.75) is 6.92 Å². The van der Waals surface area contributed by atoms with Gasteiger partial charge in [0.15, 0.2) is 5.75 Å². The van der Waals surface area contributed by atoms with Crippen molar-refractivity contribution in [1.82, 2.24) is 0 Å². The molecule has 0 heterocycles. The molecule has 0 saturated carbocycles. The van der Waals surface area contributed by atoms with Gasteiger partial charge in [0, 0.05) is 5.57 Å². The first-order valence-electron chi connectivity index (χ1n) is 5.86. The number of benzene rings is 2. The Morgan fingerprint density at radius 2 is 1.68 bits per heavy atom. The van der Waals surface area contributed by atoms with Crippen LogP contribution in [0.4, 0.5) is 0 Å². The van der Waals surface area contributed by atoms with Gasteiger partial charge in [-0.2, -0.15) is 0 Å². The van der Waals surface area contributed by atoms with Gasteiger partial charge in [-0.05, 0) is 30.2 Å². The molecule has 96 valence electrons. The third kappa shape index (κ3) is 3.45. The lowest BCUT2D eigenvalue weighted by molar-refractivity contribution is -0.208. The molecule has 0 bridgehead atoms. The Morgan fingerprint density at radius 1 is 1.00 bits per heavy atom. The lowest BCUT2D eigenvalue weighted by Gasteiger charge is -2.06. The van der Waals surface area contributed by atoms with E-state index in [9.17, 15) is 4.79 Å². The van der Waals surface area contributed by atoms with Gasteiger partial charge in [0.05, 0.1) is 0 Å². The molecule has 2 rings (SSSR count). The summed E-state index contributed by atoms with van der Waals surface area (Å²) in [5.41, 5.74) is 2.35. The van der Waals surface area contributed by atoms with E-state index in [0.717, 1.165) is 11.1 Å². The molecule has 0 fully saturated rings. The van der Waals surface area contributed by atoms with Gasteiger partial charge in [-0.1, -0.05) is 49.0 Å². The lowest BCUT2D eigenvalue weighted by Crippen LogP contribution is -2.08. The first kappa shape index (κ1) is 12.9. The number of hydrogen-bond acceptors (Lipinski definition) is 3. The fourth-order valence-corrected chi connectivity index (χ4v) is 1.52. The van der Waals surface area contributed by atoms with Gasteiger partial charge in [0.1, 0.15) is 0 Å². The Labute approximate surface area is 112 Å². The van der Waals surface area contributed by atoms with E-state index in [2.05, 4.69) is 11.5 Å². The summed E-state index contributed by atoms with van der Waals surface area (Å²) in [6.07, 6.45) is 0. The Hall–Kier alpha value is -2.55. The Balaban J connectivity index is 2.12. The van der Waals surface area contributed by atoms with E-state index < -0.39 is 5.97 Å². The largest absolute Gasteiger partial charge is 0.381 e. The number of rotatable bonds is 4. The molecule has 0 amide bonds. The average molecular weight is 254 g/mol. The summed E-state index contributed by atoms with van der Waals surface area (Å²) in [5, 5.41) is 0. The van der Waals surface area contributed by atoms with Crippen LogP contribution in [0.2, 0.25) is 0 Å². The van der Waals surface area contributed by atoms with Crippen LogP contribution in [0.5, 0.6) is 5.75 Å². The summed E-state index contributed by atoms with van der Waals surface area (Å²) < 4.78 is 0. The molecule has 0 N–H and O–H groups in total. The van der Waals surface area contributed by atoms with Crippen molar-refractivity contribution in [3.05, 3.63) is 66.7 Å². The Morgan fingerprint density at radius 3 is 2.37 bits per heavy atom. The standard InChI is InChI=1S/C16H14O3/c1-12(2)16(17)19-18-15-10-6-9-14(11-15)13-7-4-3-5-8-13/h3-11H,1H2,2H3. The van der Waals surface area contributed by atoms with Gasteiger partial charge >= 0.3 is 5.97 Å². The molecule has 3 nitrogen and oxygen atoms in total. The van der Waals surface area contributed by atoms with Crippen LogP contribution >= 0.6 is 0 Å². The Kier molecular flexibility index (Phi) is 3.98. The predicted octanol–water partition coefficient (Wildman–Crippen LogP) is 3.77. The third-order valence-corrected chi connectivity index (χ3v) is 2.50. The van der Waals surface area contributed by atoms with E-state index in [1.54, 1.807) is 19.1 Å². The molecule has 0 atom stereocenters. The van der Waals surface area contributed by atoms with Crippen LogP contribution in [0.15, 0.2) is 66.7 Å². The minimum Gasteiger partial charge on any atom is -0.287 e. The fourth-order valence-electron chi connectivity index (χ4n) is 1.52.